The summed E-state index contributed by atoms with van der Waals surface area (Å²) in [4.78, 5) is 30.6. The summed E-state index contributed by atoms with van der Waals surface area (Å²) in [6.07, 6.45) is 5.32. The summed E-state index contributed by atoms with van der Waals surface area (Å²) in [6.45, 7) is 0.677. The average molecular weight is 354 g/mol. The minimum atomic E-state index is -0.223. The minimum Gasteiger partial charge on any atom is -0.495 e. The van der Waals surface area contributed by atoms with Gasteiger partial charge in [-0.25, -0.2) is 4.79 Å². The van der Waals surface area contributed by atoms with E-state index in [1.165, 1.54) is 7.11 Å². The summed E-state index contributed by atoms with van der Waals surface area (Å²) in [5.74, 6) is 0.282. The lowest BCUT2D eigenvalue weighted by molar-refractivity contribution is 0.0963. The van der Waals surface area contributed by atoms with E-state index in [-0.39, 0.29) is 18.0 Å². The first-order valence-corrected chi connectivity index (χ1v) is 8.51. The summed E-state index contributed by atoms with van der Waals surface area (Å²) in [7, 11) is 3.09. The van der Waals surface area contributed by atoms with Crippen LogP contribution in [0.4, 0.5) is 10.5 Å². The number of hydrogen-bond donors (Lipinski definition) is 2. The molecule has 7 heteroatoms. The molecule has 0 spiro atoms. The van der Waals surface area contributed by atoms with Crippen LogP contribution in [0.1, 0.15) is 34.8 Å². The number of carbonyl (C=O) groups is 2. The highest BCUT2D eigenvalue weighted by Crippen LogP contribution is 2.33. The third-order valence-electron chi connectivity index (χ3n) is 4.53. The van der Waals surface area contributed by atoms with Crippen LogP contribution in [-0.2, 0) is 0 Å². The van der Waals surface area contributed by atoms with E-state index in [1.807, 2.05) is 12.1 Å². The van der Waals surface area contributed by atoms with Crippen LogP contribution in [0.15, 0.2) is 42.7 Å². The number of aromatic nitrogens is 1. The molecule has 1 aromatic heterocycles. The van der Waals surface area contributed by atoms with E-state index in [0.29, 0.717) is 23.5 Å². The van der Waals surface area contributed by atoms with Gasteiger partial charge in [-0.2, -0.15) is 0 Å². The molecule has 7 nitrogen and oxygen atoms in total. The topological polar surface area (TPSA) is 83.6 Å². The number of nitrogens with one attached hydrogen (secondary N) is 2. The van der Waals surface area contributed by atoms with E-state index in [0.717, 1.165) is 18.4 Å². The fourth-order valence-electron chi connectivity index (χ4n) is 3.22. The molecule has 1 aliphatic heterocycles. The van der Waals surface area contributed by atoms with Crippen LogP contribution in [0.2, 0.25) is 0 Å². The number of anilines is 1. The Balaban J connectivity index is 1.82. The molecule has 0 radical (unpaired) electrons. The summed E-state index contributed by atoms with van der Waals surface area (Å²) in [5.41, 5.74) is 1.99. The van der Waals surface area contributed by atoms with Crippen molar-refractivity contribution in [3.05, 3.63) is 53.9 Å². The molecule has 1 unspecified atom stereocenters. The number of likely N-dealkylation sites (tertiary alicyclic amines) is 1. The van der Waals surface area contributed by atoms with Crippen molar-refractivity contribution in [1.82, 2.24) is 15.2 Å². The molecule has 1 aliphatic rings. The third kappa shape index (κ3) is 3.61. The molecule has 2 N–H and O–H groups in total. The number of pyridine rings is 1. The average Bonchev–Trinajstić information content (AvgIpc) is 3.18. The van der Waals surface area contributed by atoms with Gasteiger partial charge in [-0.1, -0.05) is 0 Å². The van der Waals surface area contributed by atoms with Crippen LogP contribution in [0, 0.1) is 0 Å². The summed E-state index contributed by atoms with van der Waals surface area (Å²) in [5, 5.41) is 5.46. The van der Waals surface area contributed by atoms with Crippen LogP contribution in [-0.4, -0.2) is 42.5 Å². The molecule has 0 bridgehead atoms. The van der Waals surface area contributed by atoms with Gasteiger partial charge in [-0.15, -0.1) is 0 Å². The van der Waals surface area contributed by atoms with Gasteiger partial charge >= 0.3 is 6.03 Å². The molecule has 26 heavy (non-hydrogen) atoms. The fraction of sp³-hybridized carbons (Fsp3) is 0.316. The second kappa shape index (κ2) is 7.86. The molecular formula is C19H22N4O3. The standard InChI is InChI=1S/C19H22N4O3/c1-20-18(24)14-5-6-17(26-2)15(12-14)22-19(25)23-11-3-4-16(23)13-7-9-21-10-8-13/h5-10,12,16H,3-4,11H2,1-2H3,(H,20,24)(H,22,25). The Morgan fingerprint density at radius 1 is 1.23 bits per heavy atom. The van der Waals surface area contributed by atoms with Gasteiger partial charge in [0.1, 0.15) is 5.75 Å². The predicted octanol–water partition coefficient (Wildman–Crippen LogP) is 2.82. The van der Waals surface area contributed by atoms with E-state index < -0.39 is 0 Å². The van der Waals surface area contributed by atoms with Gasteiger partial charge in [0.05, 0.1) is 18.8 Å². The number of amides is 3. The number of benzene rings is 1. The van der Waals surface area contributed by atoms with Crippen molar-refractivity contribution in [3.63, 3.8) is 0 Å². The molecular weight excluding hydrogens is 332 g/mol. The number of ether oxygens (including phenoxy) is 1. The van der Waals surface area contributed by atoms with Crippen molar-refractivity contribution < 1.29 is 14.3 Å². The Bertz CT molecular complexity index is 795. The lowest BCUT2D eigenvalue weighted by atomic mass is 10.1. The Morgan fingerprint density at radius 3 is 2.69 bits per heavy atom. The lowest BCUT2D eigenvalue weighted by Crippen LogP contribution is -2.34. The van der Waals surface area contributed by atoms with E-state index in [2.05, 4.69) is 15.6 Å². The van der Waals surface area contributed by atoms with Crippen LogP contribution < -0.4 is 15.4 Å². The number of nitrogens with zero attached hydrogens (tertiary/aromatic N) is 2. The van der Waals surface area contributed by atoms with Crippen LogP contribution in [0.3, 0.4) is 0 Å². The predicted molar refractivity (Wildman–Crippen MR) is 98.3 cm³/mol. The molecule has 1 fully saturated rings. The molecule has 1 atom stereocenters. The van der Waals surface area contributed by atoms with Gasteiger partial charge in [0.15, 0.2) is 0 Å². The first kappa shape index (κ1) is 17.7. The first-order valence-electron chi connectivity index (χ1n) is 8.51. The van der Waals surface area contributed by atoms with E-state index >= 15 is 0 Å². The maximum atomic E-state index is 12.9. The third-order valence-corrected chi connectivity index (χ3v) is 4.53. The molecule has 2 heterocycles. The maximum Gasteiger partial charge on any atom is 0.322 e. The number of hydrogen-bond acceptors (Lipinski definition) is 4. The number of rotatable bonds is 4. The molecule has 2 aromatic rings. The van der Waals surface area contributed by atoms with Crippen molar-refractivity contribution >= 4 is 17.6 Å². The van der Waals surface area contributed by atoms with Gasteiger partial charge in [0.25, 0.3) is 5.91 Å². The monoisotopic (exact) mass is 354 g/mol. The Hall–Kier alpha value is -3.09. The first-order chi connectivity index (χ1) is 12.6. The molecule has 0 aliphatic carbocycles. The van der Waals surface area contributed by atoms with Crippen molar-refractivity contribution in [2.75, 3.05) is 26.0 Å². The SMILES string of the molecule is CNC(=O)c1ccc(OC)c(NC(=O)N2CCCC2c2ccncc2)c1. The number of methoxy groups -OCH3 is 1. The largest absolute Gasteiger partial charge is 0.495 e. The van der Waals surface area contributed by atoms with Crippen LogP contribution in [0.5, 0.6) is 5.75 Å². The zero-order valence-electron chi connectivity index (χ0n) is 14.9. The Kier molecular flexibility index (Phi) is 5.36. The maximum absolute atomic E-state index is 12.9. The van der Waals surface area contributed by atoms with Crippen LogP contribution in [0.25, 0.3) is 0 Å². The zero-order valence-corrected chi connectivity index (χ0v) is 14.9. The smallest absolute Gasteiger partial charge is 0.322 e. The highest BCUT2D eigenvalue weighted by Gasteiger charge is 2.30. The molecule has 3 amide bonds. The Morgan fingerprint density at radius 2 is 2.00 bits per heavy atom. The molecule has 136 valence electrons. The van der Waals surface area contributed by atoms with Crippen molar-refractivity contribution in [2.45, 2.75) is 18.9 Å². The molecule has 0 saturated carbocycles. The highest BCUT2D eigenvalue weighted by molar-refractivity contribution is 5.98. The van der Waals surface area contributed by atoms with Crippen molar-refractivity contribution in [1.29, 1.82) is 0 Å². The van der Waals surface area contributed by atoms with Crippen molar-refractivity contribution in [3.8, 4) is 5.75 Å². The number of carbonyl (C=O) groups excluding carboxylic acids is 2. The quantitative estimate of drug-likeness (QED) is 0.884. The van der Waals surface area contributed by atoms with Gasteiger partial charge < -0.3 is 20.3 Å². The second-order valence-corrected chi connectivity index (χ2v) is 6.06. The normalized spacial score (nSPS) is 16.2. The van der Waals surface area contributed by atoms with E-state index in [4.69, 9.17) is 4.74 Å². The zero-order chi connectivity index (χ0) is 18.5. The second-order valence-electron chi connectivity index (χ2n) is 6.06. The molecule has 1 aromatic carbocycles. The van der Waals surface area contributed by atoms with Gasteiger partial charge in [-0.3, -0.25) is 9.78 Å². The fourth-order valence-corrected chi connectivity index (χ4v) is 3.22. The summed E-state index contributed by atoms with van der Waals surface area (Å²) >= 11 is 0. The van der Waals surface area contributed by atoms with Gasteiger partial charge in [-0.05, 0) is 48.7 Å². The summed E-state index contributed by atoms with van der Waals surface area (Å²) < 4.78 is 5.32. The Labute approximate surface area is 152 Å². The molecule has 1 saturated heterocycles. The van der Waals surface area contributed by atoms with Gasteiger partial charge in [0.2, 0.25) is 0 Å². The minimum absolute atomic E-state index is 0.0196. The number of urea groups is 1. The van der Waals surface area contributed by atoms with Gasteiger partial charge in [0, 0.05) is 31.5 Å². The lowest BCUT2D eigenvalue weighted by Gasteiger charge is -2.25. The molecule has 3 rings (SSSR count). The highest BCUT2D eigenvalue weighted by atomic mass is 16.5. The van der Waals surface area contributed by atoms with E-state index in [1.54, 1.807) is 42.5 Å². The summed E-state index contributed by atoms with van der Waals surface area (Å²) in [6, 6.07) is 8.62. The van der Waals surface area contributed by atoms with E-state index in [9.17, 15) is 9.59 Å². The van der Waals surface area contributed by atoms with Crippen molar-refractivity contribution in [2.24, 2.45) is 0 Å². The van der Waals surface area contributed by atoms with Crippen LogP contribution >= 0.6 is 0 Å².